The Morgan fingerprint density at radius 2 is 1.62 bits per heavy atom. The van der Waals surface area contributed by atoms with E-state index in [2.05, 4.69) is 63.5 Å². The number of rotatable bonds is 18. The molecule has 2 amide bonds. The van der Waals surface area contributed by atoms with E-state index in [0.29, 0.717) is 48.6 Å². The van der Waals surface area contributed by atoms with E-state index < -0.39 is 18.1 Å². The fraction of sp³-hybridized carbons (Fsp3) is 0.491. The van der Waals surface area contributed by atoms with E-state index >= 15 is 0 Å². The zero-order valence-electron chi connectivity index (χ0n) is 43.7. The van der Waals surface area contributed by atoms with Gasteiger partial charge in [0.2, 0.25) is 17.7 Å². The van der Waals surface area contributed by atoms with Gasteiger partial charge in [0.05, 0.1) is 51.8 Å². The van der Waals surface area contributed by atoms with Crippen LogP contribution in [0, 0.1) is 12.8 Å². The number of piperidine rings is 1. The van der Waals surface area contributed by atoms with Crippen molar-refractivity contribution in [2.45, 2.75) is 127 Å². The van der Waals surface area contributed by atoms with E-state index in [1.54, 1.807) is 17.4 Å². The summed E-state index contributed by atoms with van der Waals surface area (Å²) >= 11 is 1.59. The van der Waals surface area contributed by atoms with Crippen molar-refractivity contribution in [1.29, 1.82) is 0 Å². The zero-order chi connectivity index (χ0) is 52.5. The fourth-order valence-electron chi connectivity index (χ4n) is 11.9. The molecular weight excluding hydrogens is 983 g/mol. The Bertz CT molecular complexity index is 2930. The Kier molecular flexibility index (Phi) is 15.2. The molecule has 18 nitrogen and oxygen atoms in total. The first-order chi connectivity index (χ1) is 36.9. The number of hydrogen-bond acceptors (Lipinski definition) is 17. The number of thiazole rings is 1. The van der Waals surface area contributed by atoms with E-state index in [9.17, 15) is 14.7 Å². The number of pyridine rings is 1. The average molecular weight is 1050 g/mol. The minimum atomic E-state index is -0.825. The maximum atomic E-state index is 14.2. The summed E-state index contributed by atoms with van der Waals surface area (Å²) in [6, 6.07) is 25.7. The molecule has 8 heterocycles. The highest BCUT2D eigenvalue weighted by Gasteiger charge is 2.44. The fourth-order valence-corrected chi connectivity index (χ4v) is 12.7. The van der Waals surface area contributed by atoms with E-state index in [1.165, 1.54) is 4.90 Å². The summed E-state index contributed by atoms with van der Waals surface area (Å²) in [5, 5.41) is 26.7. The number of nitrogens with zero attached hydrogens (tertiary/aromatic N) is 9. The molecule has 5 aliphatic rings. The molecule has 19 heteroatoms. The summed E-state index contributed by atoms with van der Waals surface area (Å²) in [5.74, 6) is 0.313. The minimum absolute atomic E-state index is 0.0569. The SMILES string of the molecule is Cc1ncsc1-c1ccc([C@H](C)NC(=O)[C@@H]2C[C@@H](O)CN2C(=O)[C@@H](c2cc(OCCN3CCC(OC4CC(Oc5cc(N6C7CC[C@@H]6CN(c6cc(-c8ccccc8)nnc6N)C7)ccn5)C4)CC3)no2)C(C)C)cc1. The van der Waals surface area contributed by atoms with E-state index in [0.717, 1.165) is 109 Å². The van der Waals surface area contributed by atoms with Crippen LogP contribution in [-0.4, -0.2) is 140 Å². The summed E-state index contributed by atoms with van der Waals surface area (Å²) in [4.78, 5) is 46.9. The van der Waals surface area contributed by atoms with Gasteiger partial charge in [-0.2, -0.15) is 0 Å². The number of nitrogens with one attached hydrogen (secondary N) is 1. The molecule has 6 atom stereocenters. The number of piperazine rings is 1. The highest BCUT2D eigenvalue weighted by atomic mass is 32.1. The van der Waals surface area contributed by atoms with Gasteiger partial charge >= 0.3 is 0 Å². The molecule has 0 radical (unpaired) electrons. The van der Waals surface area contributed by atoms with E-state index in [-0.39, 0.29) is 55.1 Å². The number of hydrogen-bond donors (Lipinski definition) is 3. The maximum absolute atomic E-state index is 14.2. The van der Waals surface area contributed by atoms with Crippen molar-refractivity contribution in [2.75, 3.05) is 61.4 Å². The van der Waals surface area contributed by atoms with Gasteiger partial charge in [-0.05, 0) is 73.9 Å². The van der Waals surface area contributed by atoms with Crippen molar-refractivity contribution >= 4 is 40.3 Å². The first-order valence-electron chi connectivity index (χ1n) is 27.0. The van der Waals surface area contributed by atoms with Gasteiger partial charge in [-0.15, -0.1) is 21.5 Å². The van der Waals surface area contributed by atoms with Gasteiger partial charge < -0.3 is 49.6 Å². The summed E-state index contributed by atoms with van der Waals surface area (Å²) in [5.41, 5.74) is 15.2. The van der Waals surface area contributed by atoms with Crippen LogP contribution in [0.1, 0.15) is 94.7 Å². The van der Waals surface area contributed by atoms with Crippen molar-refractivity contribution in [3.63, 3.8) is 0 Å². The number of nitrogen functional groups attached to an aromatic ring is 1. The van der Waals surface area contributed by atoms with Crippen LogP contribution in [0.15, 0.2) is 95.1 Å². The van der Waals surface area contributed by atoms with Crippen LogP contribution in [0.4, 0.5) is 17.2 Å². The molecule has 4 aromatic heterocycles. The van der Waals surface area contributed by atoms with Crippen molar-refractivity contribution in [3.05, 3.63) is 108 Å². The Morgan fingerprint density at radius 1 is 0.855 bits per heavy atom. The Hall–Kier alpha value is -6.67. The van der Waals surface area contributed by atoms with Gasteiger partial charge in [0.15, 0.2) is 11.6 Å². The Labute approximate surface area is 447 Å². The van der Waals surface area contributed by atoms with Crippen LogP contribution in [-0.2, 0) is 14.3 Å². The van der Waals surface area contributed by atoms with Gasteiger partial charge in [0, 0.05) is 100 Å². The third-order valence-electron chi connectivity index (χ3n) is 16.0. The molecule has 4 aliphatic heterocycles. The number of aliphatic hydroxyl groups is 1. The monoisotopic (exact) mass is 1050 g/mol. The second-order valence-electron chi connectivity index (χ2n) is 21.6. The minimum Gasteiger partial charge on any atom is -0.474 e. The van der Waals surface area contributed by atoms with Crippen molar-refractivity contribution in [3.8, 4) is 33.5 Å². The van der Waals surface area contributed by atoms with Crippen LogP contribution < -0.4 is 30.3 Å². The van der Waals surface area contributed by atoms with Gasteiger partial charge in [0.1, 0.15) is 24.7 Å². The zero-order valence-corrected chi connectivity index (χ0v) is 44.6. The van der Waals surface area contributed by atoms with Crippen molar-refractivity contribution in [2.24, 2.45) is 5.92 Å². The maximum Gasteiger partial charge on any atom is 0.254 e. The largest absolute Gasteiger partial charge is 0.474 e. The van der Waals surface area contributed by atoms with Crippen LogP contribution >= 0.6 is 11.3 Å². The number of amides is 2. The quantitative estimate of drug-likeness (QED) is 0.0763. The molecule has 0 spiro atoms. The number of aliphatic hydroxyl groups excluding tert-OH is 1. The lowest BCUT2D eigenvalue weighted by Crippen LogP contribution is -2.54. The Morgan fingerprint density at radius 3 is 2.34 bits per heavy atom. The number of aromatic nitrogens is 5. The molecule has 1 aliphatic carbocycles. The molecule has 11 rings (SSSR count). The number of carbonyl (C=O) groups excluding carboxylic acids is 2. The number of likely N-dealkylation sites (tertiary alicyclic amines) is 2. The predicted octanol–water partition coefficient (Wildman–Crippen LogP) is 7.45. The summed E-state index contributed by atoms with van der Waals surface area (Å²) in [6.07, 6.45) is 7.44. The number of aryl methyl sites for hydroxylation is 1. The highest BCUT2D eigenvalue weighted by molar-refractivity contribution is 7.13. The third kappa shape index (κ3) is 11.2. The first-order valence-corrected chi connectivity index (χ1v) is 27.9. The molecule has 4 saturated heterocycles. The standard InChI is InChI=1S/C57H69N11O7S/c1-34(2)53(57(71)67-32-43(69)25-49(67)56(70)61-35(3)37-10-12-39(13-11-37)54-36(4)60-33-76-54)50-29-52(64-75-50)72-23-22-65-20-17-44(18-21-65)73-45-26-46(27-45)74-51-24-40(16-19-59-51)68-41-14-15-42(68)31-66(30-41)48-28-47(62-63-55(48)58)38-8-6-5-7-9-38/h5-13,16,19,24,28-29,33-35,41-46,49,53,69H,14-15,17-18,20-23,25-27,30-32H2,1-4H3,(H2,58,63)(H,61,70)/t35-,41+,42?,43+,45?,46?,49-,53+/m0/s1. The van der Waals surface area contributed by atoms with Crippen LogP contribution in [0.25, 0.3) is 21.7 Å². The second-order valence-corrected chi connectivity index (χ2v) is 22.4. The topological polar surface area (TPSA) is 211 Å². The van der Waals surface area contributed by atoms with Crippen molar-refractivity contribution < 1.29 is 33.4 Å². The van der Waals surface area contributed by atoms with Crippen LogP contribution in [0.3, 0.4) is 0 Å². The number of carbonyl (C=O) groups is 2. The molecule has 5 fully saturated rings. The van der Waals surface area contributed by atoms with Gasteiger partial charge in [-0.25, -0.2) is 9.97 Å². The lowest BCUT2D eigenvalue weighted by molar-refractivity contribution is -0.141. The number of nitrogens with two attached hydrogens (primary N) is 1. The highest BCUT2D eigenvalue weighted by Crippen LogP contribution is 2.40. The normalized spacial score (nSPS) is 23.6. The van der Waals surface area contributed by atoms with Gasteiger partial charge in [-0.3, -0.25) is 14.5 Å². The smallest absolute Gasteiger partial charge is 0.254 e. The van der Waals surface area contributed by atoms with Crippen molar-refractivity contribution in [1.82, 2.24) is 40.4 Å². The number of fused-ring (bicyclic) bond motifs is 2. The number of ether oxygens (including phenoxy) is 3. The lowest BCUT2D eigenvalue weighted by atomic mass is 9.91. The molecule has 4 N–H and O–H groups in total. The Balaban J connectivity index is 0.600. The molecule has 2 aromatic carbocycles. The predicted molar refractivity (Wildman–Crippen MR) is 290 cm³/mol. The summed E-state index contributed by atoms with van der Waals surface area (Å²) in [6.45, 7) is 12.5. The van der Waals surface area contributed by atoms with E-state index in [1.807, 2.05) is 94.0 Å². The molecule has 2 bridgehead atoms. The van der Waals surface area contributed by atoms with Crippen LogP contribution in [0.2, 0.25) is 0 Å². The molecule has 400 valence electrons. The molecular formula is C57H69N11O7S. The van der Waals surface area contributed by atoms with Gasteiger partial charge in [-0.1, -0.05) is 68.4 Å². The van der Waals surface area contributed by atoms with E-state index in [4.69, 9.17) is 24.5 Å². The number of anilines is 3. The molecule has 1 unspecified atom stereocenters. The first kappa shape index (κ1) is 51.4. The molecule has 1 saturated carbocycles. The molecule has 76 heavy (non-hydrogen) atoms. The lowest BCUT2D eigenvalue weighted by Gasteiger charge is -2.43. The average Bonchev–Trinajstić information content (AvgIpc) is 4.22. The summed E-state index contributed by atoms with van der Waals surface area (Å²) in [7, 11) is 0. The summed E-state index contributed by atoms with van der Waals surface area (Å²) < 4.78 is 24.8. The van der Waals surface area contributed by atoms with Gasteiger partial charge in [0.25, 0.3) is 5.88 Å². The third-order valence-corrected chi connectivity index (χ3v) is 17.0. The number of benzene rings is 2. The van der Waals surface area contributed by atoms with Crippen LogP contribution in [0.5, 0.6) is 11.8 Å². The second kappa shape index (κ2) is 22.5. The molecule has 6 aromatic rings. The number of β-amino-alcohol motifs (C(OH)–C–C–N with tert-alkyl or cyclic N) is 1.